The second-order valence-electron chi connectivity index (χ2n) is 7.84. The van der Waals surface area contributed by atoms with Crippen molar-refractivity contribution in [2.75, 3.05) is 43.0 Å². The molecular formula is C25H27N3O3S. The summed E-state index contributed by atoms with van der Waals surface area (Å²) in [6, 6.07) is 17.4. The predicted octanol–water partition coefficient (Wildman–Crippen LogP) is 4.34. The highest BCUT2D eigenvalue weighted by Crippen LogP contribution is 2.22. The lowest BCUT2D eigenvalue weighted by Gasteiger charge is -2.36. The Bertz CT molecular complexity index is 1070. The minimum Gasteiger partial charge on any atom is -0.483 e. The largest absolute Gasteiger partial charge is 0.483 e. The molecule has 3 aromatic rings. The first-order valence-corrected chi connectivity index (χ1v) is 11.6. The number of carbonyl (C=O) groups excluding carboxylic acids is 2. The van der Waals surface area contributed by atoms with Crippen LogP contribution in [0.3, 0.4) is 0 Å². The third kappa shape index (κ3) is 5.11. The fraction of sp³-hybridized carbons (Fsp3) is 0.280. The van der Waals surface area contributed by atoms with Gasteiger partial charge in [-0.25, -0.2) is 0 Å². The van der Waals surface area contributed by atoms with Crippen molar-refractivity contribution in [1.82, 2.24) is 4.90 Å². The van der Waals surface area contributed by atoms with Crippen molar-refractivity contribution in [3.63, 3.8) is 0 Å². The lowest BCUT2D eigenvalue weighted by Crippen LogP contribution is -2.48. The van der Waals surface area contributed by atoms with Gasteiger partial charge in [-0.2, -0.15) is 0 Å². The smallest absolute Gasteiger partial charge is 0.264 e. The zero-order valence-electron chi connectivity index (χ0n) is 18.3. The van der Waals surface area contributed by atoms with Gasteiger partial charge >= 0.3 is 0 Å². The van der Waals surface area contributed by atoms with Crippen LogP contribution in [0, 0.1) is 13.8 Å². The Labute approximate surface area is 192 Å². The minimum absolute atomic E-state index is 0.0354. The lowest BCUT2D eigenvalue weighted by molar-refractivity contribution is -0.118. The van der Waals surface area contributed by atoms with Gasteiger partial charge in [0.05, 0.1) is 4.88 Å². The second-order valence-corrected chi connectivity index (χ2v) is 8.79. The predicted molar refractivity (Wildman–Crippen MR) is 129 cm³/mol. The van der Waals surface area contributed by atoms with Gasteiger partial charge < -0.3 is 19.9 Å². The van der Waals surface area contributed by atoms with Crippen LogP contribution in [0.25, 0.3) is 0 Å². The van der Waals surface area contributed by atoms with E-state index >= 15 is 0 Å². The van der Waals surface area contributed by atoms with E-state index in [1.165, 1.54) is 11.3 Å². The molecule has 0 unspecified atom stereocenters. The summed E-state index contributed by atoms with van der Waals surface area (Å²) < 4.78 is 5.67. The van der Waals surface area contributed by atoms with E-state index in [-0.39, 0.29) is 18.4 Å². The van der Waals surface area contributed by atoms with Crippen LogP contribution in [0.2, 0.25) is 0 Å². The molecule has 1 aliphatic heterocycles. The third-order valence-corrected chi connectivity index (χ3v) is 6.59. The molecule has 0 bridgehead atoms. The molecule has 6 nitrogen and oxygen atoms in total. The zero-order valence-corrected chi connectivity index (χ0v) is 19.2. The summed E-state index contributed by atoms with van der Waals surface area (Å²) in [6.07, 6.45) is 0. The molecule has 2 amide bonds. The number of nitrogens with one attached hydrogen (secondary N) is 1. The fourth-order valence-corrected chi connectivity index (χ4v) is 4.39. The molecule has 0 radical (unpaired) electrons. The van der Waals surface area contributed by atoms with E-state index in [2.05, 4.69) is 10.2 Å². The monoisotopic (exact) mass is 449 g/mol. The molecule has 0 aliphatic carbocycles. The molecule has 1 aliphatic rings. The van der Waals surface area contributed by atoms with Crippen molar-refractivity contribution in [2.45, 2.75) is 13.8 Å². The molecule has 166 valence electrons. The molecule has 1 fully saturated rings. The topological polar surface area (TPSA) is 61.9 Å². The van der Waals surface area contributed by atoms with Gasteiger partial charge in [-0.3, -0.25) is 9.59 Å². The SMILES string of the molecule is Cc1cccc(OCC(=O)Nc2ccc(N3CCN(C(=O)c4cccs4)CC3)cc2)c1C. The van der Waals surface area contributed by atoms with Gasteiger partial charge in [-0.15, -0.1) is 11.3 Å². The standard InChI is InChI=1S/C25H27N3O3S/c1-18-5-3-6-22(19(18)2)31-17-24(29)26-20-8-10-21(11-9-20)27-12-14-28(15-13-27)25(30)23-7-4-16-32-23/h3-11,16H,12-15,17H2,1-2H3,(H,26,29). The van der Waals surface area contributed by atoms with Gasteiger partial charge in [0.15, 0.2) is 6.61 Å². The van der Waals surface area contributed by atoms with E-state index < -0.39 is 0 Å². The maximum absolute atomic E-state index is 12.5. The van der Waals surface area contributed by atoms with Gasteiger partial charge in [0.25, 0.3) is 11.8 Å². The third-order valence-electron chi connectivity index (χ3n) is 5.73. The van der Waals surface area contributed by atoms with Crippen molar-refractivity contribution < 1.29 is 14.3 Å². The van der Waals surface area contributed by atoms with Crippen LogP contribution < -0.4 is 15.0 Å². The molecular weight excluding hydrogens is 422 g/mol. The molecule has 1 saturated heterocycles. The molecule has 0 saturated carbocycles. The number of aryl methyl sites for hydroxylation is 1. The first-order valence-electron chi connectivity index (χ1n) is 10.7. The summed E-state index contributed by atoms with van der Waals surface area (Å²) in [7, 11) is 0. The summed E-state index contributed by atoms with van der Waals surface area (Å²) in [5, 5.41) is 4.81. The van der Waals surface area contributed by atoms with Crippen molar-refractivity contribution >= 4 is 34.5 Å². The van der Waals surface area contributed by atoms with Crippen LogP contribution in [0.1, 0.15) is 20.8 Å². The van der Waals surface area contributed by atoms with E-state index in [9.17, 15) is 9.59 Å². The Morgan fingerprint density at radius 3 is 2.41 bits per heavy atom. The number of hydrogen-bond donors (Lipinski definition) is 1. The van der Waals surface area contributed by atoms with E-state index in [1.54, 1.807) is 0 Å². The number of carbonyl (C=O) groups is 2. The van der Waals surface area contributed by atoms with Crippen molar-refractivity contribution in [3.8, 4) is 5.75 Å². The van der Waals surface area contributed by atoms with Crippen LogP contribution in [-0.2, 0) is 4.79 Å². The molecule has 7 heteroatoms. The molecule has 2 heterocycles. The van der Waals surface area contributed by atoms with Gasteiger partial charge in [-0.1, -0.05) is 18.2 Å². The van der Waals surface area contributed by atoms with Crippen LogP contribution in [0.15, 0.2) is 60.0 Å². The summed E-state index contributed by atoms with van der Waals surface area (Å²) in [5.74, 6) is 0.646. The highest BCUT2D eigenvalue weighted by Gasteiger charge is 2.22. The zero-order chi connectivity index (χ0) is 22.5. The van der Waals surface area contributed by atoms with Gasteiger partial charge in [-0.05, 0) is 66.8 Å². The number of hydrogen-bond acceptors (Lipinski definition) is 5. The number of benzene rings is 2. The van der Waals surface area contributed by atoms with Crippen LogP contribution in [0.5, 0.6) is 5.75 Å². The number of thiophene rings is 1. The number of nitrogens with zero attached hydrogens (tertiary/aromatic N) is 2. The number of ether oxygens (including phenoxy) is 1. The number of anilines is 2. The van der Waals surface area contributed by atoms with Crippen molar-refractivity contribution in [2.24, 2.45) is 0 Å². The number of piperazine rings is 1. The van der Waals surface area contributed by atoms with Gasteiger partial charge in [0, 0.05) is 37.6 Å². The molecule has 4 rings (SSSR count). The minimum atomic E-state index is -0.195. The Kier molecular flexibility index (Phi) is 6.75. The van der Waals surface area contributed by atoms with E-state index in [0.717, 1.165) is 46.2 Å². The van der Waals surface area contributed by atoms with Crippen LogP contribution >= 0.6 is 11.3 Å². The molecule has 0 spiro atoms. The Morgan fingerprint density at radius 2 is 1.72 bits per heavy atom. The summed E-state index contributed by atoms with van der Waals surface area (Å²) in [4.78, 5) is 29.7. The molecule has 0 atom stereocenters. The average Bonchev–Trinajstić information content (AvgIpc) is 3.35. The van der Waals surface area contributed by atoms with Gasteiger partial charge in [0.2, 0.25) is 0 Å². The molecule has 32 heavy (non-hydrogen) atoms. The van der Waals surface area contributed by atoms with E-state index in [0.29, 0.717) is 13.1 Å². The van der Waals surface area contributed by atoms with Crippen LogP contribution in [0.4, 0.5) is 11.4 Å². The number of amides is 2. The Morgan fingerprint density at radius 1 is 0.969 bits per heavy atom. The summed E-state index contributed by atoms with van der Waals surface area (Å²) in [6.45, 7) is 6.94. The summed E-state index contributed by atoms with van der Waals surface area (Å²) >= 11 is 1.48. The Balaban J connectivity index is 1.26. The quantitative estimate of drug-likeness (QED) is 0.608. The van der Waals surface area contributed by atoms with Crippen molar-refractivity contribution in [3.05, 3.63) is 76.0 Å². The molecule has 1 N–H and O–H groups in total. The lowest BCUT2D eigenvalue weighted by atomic mass is 10.1. The second kappa shape index (κ2) is 9.87. The van der Waals surface area contributed by atoms with E-state index in [4.69, 9.17) is 4.74 Å². The highest BCUT2D eigenvalue weighted by molar-refractivity contribution is 7.12. The first-order chi connectivity index (χ1) is 15.5. The number of rotatable bonds is 6. The average molecular weight is 450 g/mol. The normalized spacial score (nSPS) is 13.7. The maximum atomic E-state index is 12.5. The first kappa shape index (κ1) is 21.9. The van der Waals surface area contributed by atoms with Gasteiger partial charge in [0.1, 0.15) is 5.75 Å². The van der Waals surface area contributed by atoms with E-state index in [1.807, 2.05) is 78.7 Å². The fourth-order valence-electron chi connectivity index (χ4n) is 3.70. The van der Waals surface area contributed by atoms with Crippen molar-refractivity contribution in [1.29, 1.82) is 0 Å². The van der Waals surface area contributed by atoms with Crippen LogP contribution in [-0.4, -0.2) is 49.5 Å². The summed E-state index contributed by atoms with van der Waals surface area (Å²) in [5.41, 5.74) is 3.99. The maximum Gasteiger partial charge on any atom is 0.264 e. The molecule has 2 aromatic carbocycles. The highest BCUT2D eigenvalue weighted by atomic mass is 32.1. The Hall–Kier alpha value is -3.32. The molecule has 1 aromatic heterocycles.